The summed E-state index contributed by atoms with van der Waals surface area (Å²) in [4.78, 5) is 24.3. The molecule has 5 rings (SSSR count). The minimum absolute atomic E-state index is 0.127. The van der Waals surface area contributed by atoms with Gasteiger partial charge in [0.1, 0.15) is 11.4 Å². The van der Waals surface area contributed by atoms with Crippen molar-refractivity contribution < 1.29 is 14.3 Å². The van der Waals surface area contributed by atoms with Crippen molar-refractivity contribution in [2.45, 2.75) is 39.2 Å². The highest BCUT2D eigenvalue weighted by Gasteiger charge is 2.34. The second-order valence-corrected chi connectivity index (χ2v) is 10.1. The number of ether oxygens (including phenoxy) is 2. The zero-order valence-electron chi connectivity index (χ0n) is 21.8. The molecule has 2 aromatic heterocycles. The summed E-state index contributed by atoms with van der Waals surface area (Å²) in [6.45, 7) is 10.4. The predicted octanol–water partition coefficient (Wildman–Crippen LogP) is 5.09. The Balaban J connectivity index is 1.35. The third-order valence-electron chi connectivity index (χ3n) is 6.61. The van der Waals surface area contributed by atoms with Gasteiger partial charge in [-0.1, -0.05) is 12.1 Å². The SMILES string of the molecule is CC(C)Oc1ccc(Nc2ncc3ccn(-c4ccc(C(C)(C)C(=O)N5CCOCC5)cc4)c3n2)cc1. The number of carbonyl (C=O) groups excluding carboxylic acids is 1. The first-order valence-electron chi connectivity index (χ1n) is 12.7. The molecule has 0 unspecified atom stereocenters. The lowest BCUT2D eigenvalue weighted by Gasteiger charge is -2.34. The molecule has 1 fully saturated rings. The lowest BCUT2D eigenvalue weighted by Crippen LogP contribution is -2.48. The van der Waals surface area contributed by atoms with Crippen LogP contribution in [0.2, 0.25) is 0 Å². The quantitative estimate of drug-likeness (QED) is 0.382. The molecule has 8 nitrogen and oxygen atoms in total. The lowest BCUT2D eigenvalue weighted by molar-refractivity contribution is -0.140. The first-order valence-corrected chi connectivity index (χ1v) is 12.7. The van der Waals surface area contributed by atoms with Crippen LogP contribution >= 0.6 is 0 Å². The summed E-state index contributed by atoms with van der Waals surface area (Å²) in [5.74, 6) is 1.46. The number of morpholine rings is 1. The highest BCUT2D eigenvalue weighted by molar-refractivity contribution is 5.87. The van der Waals surface area contributed by atoms with Crippen molar-refractivity contribution in [1.82, 2.24) is 19.4 Å². The molecule has 1 aliphatic rings. The van der Waals surface area contributed by atoms with Crippen LogP contribution in [0.4, 0.5) is 11.6 Å². The zero-order valence-corrected chi connectivity index (χ0v) is 21.8. The Morgan fingerprint density at radius 2 is 1.73 bits per heavy atom. The van der Waals surface area contributed by atoms with E-state index in [0.717, 1.165) is 33.7 Å². The number of anilines is 2. The van der Waals surface area contributed by atoms with E-state index in [2.05, 4.69) is 10.3 Å². The fraction of sp³-hybridized carbons (Fsp3) is 0.345. The Morgan fingerprint density at radius 3 is 2.41 bits per heavy atom. The van der Waals surface area contributed by atoms with E-state index >= 15 is 0 Å². The summed E-state index contributed by atoms with van der Waals surface area (Å²) in [5.41, 5.74) is 3.00. The highest BCUT2D eigenvalue weighted by Crippen LogP contribution is 2.28. The molecule has 0 spiro atoms. The summed E-state index contributed by atoms with van der Waals surface area (Å²) in [6, 6.07) is 17.9. The van der Waals surface area contributed by atoms with Crippen LogP contribution in [0.1, 0.15) is 33.3 Å². The molecule has 1 amide bonds. The number of nitrogens with one attached hydrogen (secondary N) is 1. The van der Waals surface area contributed by atoms with Crippen LogP contribution in [0.5, 0.6) is 5.75 Å². The molecule has 2 aromatic carbocycles. The third-order valence-corrected chi connectivity index (χ3v) is 6.61. The van der Waals surface area contributed by atoms with Crippen LogP contribution in [-0.2, 0) is 14.9 Å². The second-order valence-electron chi connectivity index (χ2n) is 10.1. The van der Waals surface area contributed by atoms with Crippen molar-refractivity contribution in [1.29, 1.82) is 0 Å². The van der Waals surface area contributed by atoms with Gasteiger partial charge in [-0.15, -0.1) is 0 Å². The van der Waals surface area contributed by atoms with Crippen LogP contribution in [-0.4, -0.2) is 57.7 Å². The summed E-state index contributed by atoms with van der Waals surface area (Å²) in [7, 11) is 0. The Bertz CT molecular complexity index is 1370. The Labute approximate surface area is 217 Å². The first-order chi connectivity index (χ1) is 17.8. The maximum Gasteiger partial charge on any atom is 0.232 e. The average molecular weight is 500 g/mol. The van der Waals surface area contributed by atoms with Crippen molar-refractivity contribution in [3.8, 4) is 11.4 Å². The summed E-state index contributed by atoms with van der Waals surface area (Å²) in [5, 5.41) is 4.22. The van der Waals surface area contributed by atoms with Crippen LogP contribution in [0.3, 0.4) is 0 Å². The van der Waals surface area contributed by atoms with Crippen LogP contribution < -0.4 is 10.1 Å². The van der Waals surface area contributed by atoms with E-state index in [9.17, 15) is 4.79 Å². The fourth-order valence-corrected chi connectivity index (χ4v) is 4.53. The monoisotopic (exact) mass is 499 g/mol. The van der Waals surface area contributed by atoms with Crippen LogP contribution in [0.15, 0.2) is 67.0 Å². The van der Waals surface area contributed by atoms with Gasteiger partial charge in [0.2, 0.25) is 11.9 Å². The molecule has 0 bridgehead atoms. The topological polar surface area (TPSA) is 81.5 Å². The van der Waals surface area contributed by atoms with E-state index in [1.165, 1.54) is 0 Å². The standard InChI is InChI=1S/C29H33N5O3/c1-20(2)37-25-11-7-23(8-12-25)31-28-30-19-21-13-14-34(26(21)32-28)24-9-5-22(6-10-24)29(3,4)27(35)33-15-17-36-18-16-33/h5-14,19-20H,15-18H2,1-4H3,(H,30,31,32). The van der Waals surface area contributed by atoms with Crippen LogP contribution in [0.25, 0.3) is 16.7 Å². The number of hydrogen-bond acceptors (Lipinski definition) is 6. The van der Waals surface area contributed by atoms with E-state index in [4.69, 9.17) is 14.5 Å². The molecule has 3 heterocycles. The average Bonchev–Trinajstić information content (AvgIpc) is 3.33. The first kappa shape index (κ1) is 24.8. The van der Waals surface area contributed by atoms with Gasteiger partial charge in [0.15, 0.2) is 0 Å². The van der Waals surface area contributed by atoms with Gasteiger partial charge in [0.25, 0.3) is 0 Å². The lowest BCUT2D eigenvalue weighted by atomic mass is 9.83. The highest BCUT2D eigenvalue weighted by atomic mass is 16.5. The van der Waals surface area contributed by atoms with Crippen LogP contribution in [0, 0.1) is 0 Å². The summed E-state index contributed by atoms with van der Waals surface area (Å²) in [6.07, 6.45) is 3.93. The molecule has 192 valence electrons. The minimum atomic E-state index is -0.621. The van der Waals surface area contributed by atoms with E-state index < -0.39 is 5.41 Å². The third kappa shape index (κ3) is 5.29. The normalized spacial score (nSPS) is 14.2. The van der Waals surface area contributed by atoms with Gasteiger partial charge in [-0.2, -0.15) is 4.98 Å². The molecule has 37 heavy (non-hydrogen) atoms. The predicted molar refractivity (Wildman–Crippen MR) is 145 cm³/mol. The fourth-order valence-electron chi connectivity index (χ4n) is 4.53. The van der Waals surface area contributed by atoms with Crippen molar-refractivity contribution in [2.75, 3.05) is 31.6 Å². The molecular weight excluding hydrogens is 466 g/mol. The van der Waals surface area contributed by atoms with Gasteiger partial charge >= 0.3 is 0 Å². The number of hydrogen-bond donors (Lipinski definition) is 1. The van der Waals surface area contributed by atoms with Gasteiger partial charge in [-0.05, 0) is 75.7 Å². The number of aromatic nitrogens is 3. The Morgan fingerprint density at radius 1 is 1.03 bits per heavy atom. The van der Waals surface area contributed by atoms with Gasteiger partial charge in [0.05, 0.1) is 24.7 Å². The minimum Gasteiger partial charge on any atom is -0.491 e. The number of benzene rings is 2. The number of rotatable bonds is 7. The van der Waals surface area contributed by atoms with E-state index in [-0.39, 0.29) is 12.0 Å². The molecular formula is C29H33N5O3. The van der Waals surface area contributed by atoms with Gasteiger partial charge in [-0.3, -0.25) is 4.79 Å². The smallest absolute Gasteiger partial charge is 0.232 e. The molecule has 4 aromatic rings. The number of carbonyl (C=O) groups is 1. The van der Waals surface area contributed by atoms with Gasteiger partial charge in [-0.25, -0.2) is 4.98 Å². The molecule has 0 aliphatic carbocycles. The zero-order chi connectivity index (χ0) is 26.0. The number of amides is 1. The Hall–Kier alpha value is -3.91. The summed E-state index contributed by atoms with van der Waals surface area (Å²) >= 11 is 0. The Kier molecular flexibility index (Phi) is 6.84. The molecule has 1 saturated heterocycles. The van der Waals surface area contributed by atoms with E-state index in [0.29, 0.717) is 32.3 Å². The maximum atomic E-state index is 13.2. The summed E-state index contributed by atoms with van der Waals surface area (Å²) < 4.78 is 13.1. The van der Waals surface area contributed by atoms with Crippen molar-refractivity contribution >= 4 is 28.6 Å². The van der Waals surface area contributed by atoms with Crippen molar-refractivity contribution in [2.24, 2.45) is 0 Å². The second kappa shape index (κ2) is 10.2. The number of nitrogens with zero attached hydrogens (tertiary/aromatic N) is 4. The molecule has 1 aliphatic heterocycles. The van der Waals surface area contributed by atoms with Gasteiger partial charge in [0, 0.05) is 42.2 Å². The number of fused-ring (bicyclic) bond motifs is 1. The molecule has 0 saturated carbocycles. The molecule has 0 radical (unpaired) electrons. The van der Waals surface area contributed by atoms with Crippen molar-refractivity contribution in [3.05, 3.63) is 72.6 Å². The van der Waals surface area contributed by atoms with E-state index in [1.807, 2.05) is 104 Å². The van der Waals surface area contributed by atoms with E-state index in [1.54, 1.807) is 0 Å². The molecule has 1 N–H and O–H groups in total. The van der Waals surface area contributed by atoms with Gasteiger partial charge < -0.3 is 24.3 Å². The maximum absolute atomic E-state index is 13.2. The molecule has 8 heteroatoms. The molecule has 0 atom stereocenters. The largest absolute Gasteiger partial charge is 0.491 e. The van der Waals surface area contributed by atoms with Crippen molar-refractivity contribution in [3.63, 3.8) is 0 Å².